The van der Waals surface area contributed by atoms with Gasteiger partial charge in [-0.25, -0.2) is 4.79 Å². The van der Waals surface area contributed by atoms with E-state index >= 15 is 0 Å². The fourth-order valence-electron chi connectivity index (χ4n) is 1.48. The first kappa shape index (κ1) is 15.8. The Kier molecular flexibility index (Phi) is 6.66. The fraction of sp³-hybridized carbons (Fsp3) is 0.364. The van der Waals surface area contributed by atoms with E-state index in [-0.39, 0.29) is 6.54 Å². The number of nitrogens with one attached hydrogen (secondary N) is 1. The topological polar surface area (TPSA) is 87.1 Å². The summed E-state index contributed by atoms with van der Waals surface area (Å²) in [5.74, 6) is -0.457. The van der Waals surface area contributed by atoms with Gasteiger partial charge in [-0.05, 0) is 29.3 Å². The van der Waals surface area contributed by atoms with E-state index in [0.717, 1.165) is 4.47 Å². The van der Waals surface area contributed by atoms with Crippen molar-refractivity contribution in [1.29, 1.82) is 0 Å². The Bertz CT molecular complexity index is 505. The van der Waals surface area contributed by atoms with Crippen LogP contribution in [-0.2, 0) is 9.53 Å². The molecule has 0 spiro atoms. The number of ether oxygens (including phenoxy) is 1. The van der Waals surface area contributed by atoms with Crippen LogP contribution >= 0.6 is 27.5 Å². The SMILES string of the molecule is COC(=O)C(NCCN=[N+]=[N-])c1cc(Br)ccc1Cl. The van der Waals surface area contributed by atoms with Gasteiger partial charge in [0, 0.05) is 27.5 Å². The highest BCUT2D eigenvalue weighted by Gasteiger charge is 2.23. The molecule has 0 bridgehead atoms. The highest BCUT2D eigenvalue weighted by atomic mass is 79.9. The predicted octanol–water partition coefficient (Wildman–Crippen LogP) is 3.22. The van der Waals surface area contributed by atoms with Crippen LogP contribution in [0.1, 0.15) is 11.6 Å². The van der Waals surface area contributed by atoms with Gasteiger partial charge in [-0.1, -0.05) is 32.6 Å². The van der Waals surface area contributed by atoms with E-state index < -0.39 is 12.0 Å². The monoisotopic (exact) mass is 346 g/mol. The third kappa shape index (κ3) is 4.72. The van der Waals surface area contributed by atoms with E-state index in [1.54, 1.807) is 18.2 Å². The van der Waals surface area contributed by atoms with Gasteiger partial charge in [0.15, 0.2) is 0 Å². The molecular weight excluding hydrogens is 336 g/mol. The summed E-state index contributed by atoms with van der Waals surface area (Å²) in [6, 6.07) is 4.50. The van der Waals surface area contributed by atoms with Gasteiger partial charge in [-0.15, -0.1) is 0 Å². The Hall–Kier alpha value is -1.27. The molecule has 6 nitrogen and oxygen atoms in total. The maximum absolute atomic E-state index is 11.8. The molecule has 1 rings (SSSR count). The number of azide groups is 1. The Morgan fingerprint density at radius 1 is 1.68 bits per heavy atom. The lowest BCUT2D eigenvalue weighted by atomic mass is 10.1. The highest BCUT2D eigenvalue weighted by Crippen LogP contribution is 2.27. The molecule has 0 aliphatic rings. The van der Waals surface area contributed by atoms with Crippen molar-refractivity contribution in [2.75, 3.05) is 20.2 Å². The maximum atomic E-state index is 11.8. The van der Waals surface area contributed by atoms with Crippen LogP contribution in [0, 0.1) is 0 Å². The van der Waals surface area contributed by atoms with E-state index in [9.17, 15) is 4.79 Å². The molecule has 0 amide bonds. The molecule has 0 aliphatic carbocycles. The summed E-state index contributed by atoms with van der Waals surface area (Å²) in [5, 5.41) is 6.78. The number of carbonyl (C=O) groups excluding carboxylic acids is 1. The molecule has 0 aliphatic heterocycles. The number of nitrogens with zero attached hydrogens (tertiary/aromatic N) is 3. The Labute approximate surface area is 123 Å². The standard InChI is InChI=1S/C11H12BrClN4O2/c1-19-11(18)10(15-4-5-16-17-14)8-6-7(12)2-3-9(8)13/h2-3,6,10,15H,4-5H2,1H3. The number of hydrogen-bond acceptors (Lipinski definition) is 4. The molecule has 19 heavy (non-hydrogen) atoms. The molecular formula is C11H12BrClN4O2. The van der Waals surface area contributed by atoms with Gasteiger partial charge in [0.2, 0.25) is 0 Å². The van der Waals surface area contributed by atoms with Gasteiger partial charge in [-0.3, -0.25) is 0 Å². The number of benzene rings is 1. The lowest BCUT2D eigenvalue weighted by molar-refractivity contribution is -0.143. The van der Waals surface area contributed by atoms with E-state index in [1.807, 2.05) is 0 Å². The van der Waals surface area contributed by atoms with Crippen LogP contribution in [0.5, 0.6) is 0 Å². The molecule has 0 saturated heterocycles. The Balaban J connectivity index is 2.92. The van der Waals surface area contributed by atoms with E-state index in [1.165, 1.54) is 7.11 Å². The largest absolute Gasteiger partial charge is 0.468 e. The second-order valence-corrected chi connectivity index (χ2v) is 4.85. The van der Waals surface area contributed by atoms with Crippen LogP contribution in [0.3, 0.4) is 0 Å². The zero-order chi connectivity index (χ0) is 14.3. The number of esters is 1. The highest BCUT2D eigenvalue weighted by molar-refractivity contribution is 9.10. The molecule has 1 N–H and O–H groups in total. The van der Waals surface area contributed by atoms with Crippen LogP contribution in [-0.4, -0.2) is 26.2 Å². The molecule has 1 aromatic rings. The van der Waals surface area contributed by atoms with Crippen molar-refractivity contribution in [2.24, 2.45) is 5.11 Å². The van der Waals surface area contributed by atoms with Crippen LogP contribution in [0.2, 0.25) is 5.02 Å². The van der Waals surface area contributed by atoms with Crippen molar-refractivity contribution < 1.29 is 9.53 Å². The molecule has 0 fully saturated rings. The molecule has 0 radical (unpaired) electrons. The van der Waals surface area contributed by atoms with Crippen LogP contribution in [0.15, 0.2) is 27.8 Å². The van der Waals surface area contributed by atoms with Gasteiger partial charge in [0.05, 0.1) is 7.11 Å². The first-order valence-corrected chi connectivity index (χ1v) is 6.54. The second-order valence-electron chi connectivity index (χ2n) is 3.53. The summed E-state index contributed by atoms with van der Waals surface area (Å²) in [6.45, 7) is 0.572. The average Bonchev–Trinajstić information content (AvgIpc) is 2.41. The summed E-state index contributed by atoms with van der Waals surface area (Å²) in [7, 11) is 1.30. The molecule has 8 heteroatoms. The number of rotatable bonds is 6. The summed E-state index contributed by atoms with van der Waals surface area (Å²) in [5.41, 5.74) is 8.80. The van der Waals surface area contributed by atoms with Crippen molar-refractivity contribution in [2.45, 2.75) is 6.04 Å². The zero-order valence-corrected chi connectivity index (χ0v) is 12.5. The minimum absolute atomic E-state index is 0.232. The second kappa shape index (κ2) is 8.01. The minimum Gasteiger partial charge on any atom is -0.468 e. The van der Waals surface area contributed by atoms with Crippen LogP contribution < -0.4 is 5.32 Å². The fourth-order valence-corrected chi connectivity index (χ4v) is 2.08. The van der Waals surface area contributed by atoms with Crippen molar-refractivity contribution in [1.82, 2.24) is 5.32 Å². The van der Waals surface area contributed by atoms with E-state index in [4.69, 9.17) is 21.9 Å². The minimum atomic E-state index is -0.705. The van der Waals surface area contributed by atoms with Crippen molar-refractivity contribution in [3.63, 3.8) is 0 Å². The van der Waals surface area contributed by atoms with Gasteiger partial charge in [-0.2, -0.15) is 0 Å². The average molecular weight is 348 g/mol. The van der Waals surface area contributed by atoms with Crippen LogP contribution in [0.25, 0.3) is 10.4 Å². The molecule has 1 atom stereocenters. The smallest absolute Gasteiger partial charge is 0.327 e. The number of halogens is 2. The van der Waals surface area contributed by atoms with E-state index in [2.05, 4.69) is 31.3 Å². The van der Waals surface area contributed by atoms with Gasteiger partial charge in [0.1, 0.15) is 6.04 Å². The van der Waals surface area contributed by atoms with Gasteiger partial charge in [0.25, 0.3) is 0 Å². The van der Waals surface area contributed by atoms with Crippen molar-refractivity contribution in [3.8, 4) is 0 Å². The van der Waals surface area contributed by atoms with Crippen molar-refractivity contribution in [3.05, 3.63) is 43.7 Å². The maximum Gasteiger partial charge on any atom is 0.327 e. The Morgan fingerprint density at radius 3 is 3.05 bits per heavy atom. The third-order valence-corrected chi connectivity index (χ3v) is 3.17. The van der Waals surface area contributed by atoms with Gasteiger partial charge >= 0.3 is 5.97 Å². The molecule has 0 heterocycles. The molecule has 0 aromatic heterocycles. The lowest BCUT2D eigenvalue weighted by Gasteiger charge is -2.17. The predicted molar refractivity (Wildman–Crippen MR) is 75.9 cm³/mol. The van der Waals surface area contributed by atoms with E-state index in [0.29, 0.717) is 17.1 Å². The lowest BCUT2D eigenvalue weighted by Crippen LogP contribution is -2.31. The first-order valence-electron chi connectivity index (χ1n) is 5.37. The number of carbonyl (C=O) groups is 1. The molecule has 102 valence electrons. The summed E-state index contributed by atoms with van der Waals surface area (Å²) in [4.78, 5) is 14.4. The zero-order valence-electron chi connectivity index (χ0n) is 10.1. The van der Waals surface area contributed by atoms with Gasteiger partial charge < -0.3 is 10.1 Å². The third-order valence-electron chi connectivity index (χ3n) is 2.33. The first-order chi connectivity index (χ1) is 9.10. The molecule has 1 aromatic carbocycles. The number of hydrogen-bond donors (Lipinski definition) is 1. The summed E-state index contributed by atoms with van der Waals surface area (Å²) >= 11 is 9.41. The van der Waals surface area contributed by atoms with Crippen LogP contribution in [0.4, 0.5) is 0 Å². The molecule has 1 unspecified atom stereocenters. The molecule has 0 saturated carbocycles. The van der Waals surface area contributed by atoms with Crippen molar-refractivity contribution >= 4 is 33.5 Å². The summed E-state index contributed by atoms with van der Waals surface area (Å²) < 4.78 is 5.54. The summed E-state index contributed by atoms with van der Waals surface area (Å²) in [6.07, 6.45) is 0. The number of methoxy groups -OCH3 is 1. The quantitative estimate of drug-likeness (QED) is 0.282. The normalized spacial score (nSPS) is 11.5. The Morgan fingerprint density at radius 2 is 2.42 bits per heavy atom.